The molecule has 0 N–H and O–H groups in total. The van der Waals surface area contributed by atoms with Crippen molar-refractivity contribution in [3.63, 3.8) is 0 Å². The summed E-state index contributed by atoms with van der Waals surface area (Å²) in [5, 5.41) is 0.545. The average Bonchev–Trinajstić information content (AvgIpc) is 2.24. The van der Waals surface area contributed by atoms with E-state index < -0.39 is 17.7 Å². The highest BCUT2D eigenvalue weighted by atomic mass is 79.9. The Bertz CT molecular complexity index is 570. The Hall–Kier alpha value is -1.33. The Morgan fingerprint density at radius 1 is 1.21 bits per heavy atom. The summed E-state index contributed by atoms with van der Waals surface area (Å²) in [4.78, 5) is 23.5. The molecule has 0 radical (unpaired) electrons. The molecule has 19 heavy (non-hydrogen) atoms. The van der Waals surface area contributed by atoms with Gasteiger partial charge in [-0.15, -0.1) is 0 Å². The lowest BCUT2D eigenvalue weighted by molar-refractivity contribution is -0.222. The van der Waals surface area contributed by atoms with E-state index in [0.717, 1.165) is 0 Å². The molecule has 0 unspecified atom stereocenters. The Labute approximate surface area is 123 Å². The molecule has 100 valence electrons. The van der Waals surface area contributed by atoms with Gasteiger partial charge in [-0.1, -0.05) is 33.6 Å². The molecular weight excluding hydrogens is 335 g/mol. The molecule has 6 heteroatoms. The van der Waals surface area contributed by atoms with Crippen LogP contribution in [0, 0.1) is 0 Å². The van der Waals surface area contributed by atoms with E-state index in [4.69, 9.17) is 21.1 Å². The van der Waals surface area contributed by atoms with E-state index in [2.05, 4.69) is 15.9 Å². The van der Waals surface area contributed by atoms with E-state index in [1.165, 1.54) is 19.9 Å². The first-order valence-electron chi connectivity index (χ1n) is 5.42. The lowest BCUT2D eigenvalue weighted by Crippen LogP contribution is -2.41. The zero-order valence-electron chi connectivity index (χ0n) is 10.2. The van der Waals surface area contributed by atoms with Crippen molar-refractivity contribution < 1.29 is 19.1 Å². The van der Waals surface area contributed by atoms with E-state index in [1.807, 2.05) is 0 Å². The third-order valence-electron chi connectivity index (χ3n) is 2.38. The quantitative estimate of drug-likeness (QED) is 0.445. The molecule has 0 spiro atoms. The SMILES string of the molecule is CC1(C)OC(=O)C(=Cc2ccc(Cl)cc2Br)C(=O)O1. The third kappa shape index (κ3) is 3.16. The smallest absolute Gasteiger partial charge is 0.348 e. The minimum Gasteiger partial charge on any atom is -0.419 e. The number of esters is 2. The van der Waals surface area contributed by atoms with E-state index in [9.17, 15) is 9.59 Å². The normalized spacial score (nSPS) is 17.8. The number of carbonyl (C=O) groups excluding carboxylic acids is 2. The first-order chi connectivity index (χ1) is 8.78. The summed E-state index contributed by atoms with van der Waals surface area (Å²) >= 11 is 9.12. The van der Waals surface area contributed by atoms with Gasteiger partial charge in [0.1, 0.15) is 5.57 Å². The van der Waals surface area contributed by atoms with E-state index >= 15 is 0 Å². The van der Waals surface area contributed by atoms with Crippen LogP contribution in [0.1, 0.15) is 19.4 Å². The molecule has 1 aliphatic heterocycles. The Morgan fingerprint density at radius 2 is 1.79 bits per heavy atom. The van der Waals surface area contributed by atoms with Crippen LogP contribution < -0.4 is 0 Å². The lowest BCUT2D eigenvalue weighted by Gasteiger charge is -2.29. The van der Waals surface area contributed by atoms with Gasteiger partial charge in [0.15, 0.2) is 0 Å². The maximum Gasteiger partial charge on any atom is 0.348 e. The topological polar surface area (TPSA) is 52.6 Å². The number of rotatable bonds is 1. The van der Waals surface area contributed by atoms with Crippen LogP contribution in [-0.4, -0.2) is 17.7 Å². The van der Waals surface area contributed by atoms with Crippen molar-refractivity contribution in [1.29, 1.82) is 0 Å². The fourth-order valence-electron chi connectivity index (χ4n) is 1.55. The number of hydrogen-bond acceptors (Lipinski definition) is 4. The van der Waals surface area contributed by atoms with Gasteiger partial charge >= 0.3 is 11.9 Å². The first-order valence-corrected chi connectivity index (χ1v) is 6.59. The van der Waals surface area contributed by atoms with Gasteiger partial charge in [0.05, 0.1) is 0 Å². The molecule has 1 aliphatic rings. The molecule has 1 saturated heterocycles. The van der Waals surface area contributed by atoms with Gasteiger partial charge in [0.2, 0.25) is 0 Å². The summed E-state index contributed by atoms with van der Waals surface area (Å²) in [5.41, 5.74) is 0.482. The van der Waals surface area contributed by atoms with Crippen LogP contribution >= 0.6 is 27.5 Å². The van der Waals surface area contributed by atoms with Crippen molar-refractivity contribution in [3.8, 4) is 0 Å². The highest BCUT2D eigenvalue weighted by Gasteiger charge is 2.38. The maximum atomic E-state index is 11.8. The van der Waals surface area contributed by atoms with Gasteiger partial charge in [-0.3, -0.25) is 0 Å². The molecule has 2 rings (SSSR count). The first kappa shape index (κ1) is 14.1. The van der Waals surface area contributed by atoms with Crippen LogP contribution in [0.5, 0.6) is 0 Å². The molecule has 0 aromatic heterocycles. The van der Waals surface area contributed by atoms with Gasteiger partial charge < -0.3 is 9.47 Å². The molecule has 1 aromatic rings. The molecule has 0 amide bonds. The van der Waals surface area contributed by atoms with Crippen LogP contribution in [0.15, 0.2) is 28.2 Å². The molecule has 0 atom stereocenters. The lowest BCUT2D eigenvalue weighted by atomic mass is 10.1. The molecule has 1 aromatic carbocycles. The Balaban J connectivity index is 2.38. The second kappa shape index (κ2) is 4.98. The number of ether oxygens (including phenoxy) is 2. The minimum absolute atomic E-state index is 0.151. The highest BCUT2D eigenvalue weighted by molar-refractivity contribution is 9.10. The van der Waals surface area contributed by atoms with Crippen LogP contribution in [-0.2, 0) is 19.1 Å². The number of cyclic esters (lactones) is 2. The van der Waals surface area contributed by atoms with Crippen LogP contribution in [0.3, 0.4) is 0 Å². The fourth-order valence-corrected chi connectivity index (χ4v) is 2.35. The van der Waals surface area contributed by atoms with Gasteiger partial charge in [-0.25, -0.2) is 9.59 Å². The van der Waals surface area contributed by atoms with Gasteiger partial charge in [0.25, 0.3) is 5.79 Å². The summed E-state index contributed by atoms with van der Waals surface area (Å²) < 4.78 is 10.7. The van der Waals surface area contributed by atoms with Gasteiger partial charge in [-0.2, -0.15) is 0 Å². The van der Waals surface area contributed by atoms with E-state index in [-0.39, 0.29) is 5.57 Å². The number of carbonyl (C=O) groups is 2. The fraction of sp³-hybridized carbons (Fsp3) is 0.231. The number of benzene rings is 1. The molecular formula is C13H10BrClO4. The number of halogens is 2. The predicted molar refractivity (Wildman–Crippen MR) is 73.4 cm³/mol. The van der Waals surface area contributed by atoms with Crippen molar-refractivity contribution >= 4 is 45.5 Å². The molecule has 1 heterocycles. The molecule has 0 bridgehead atoms. The summed E-state index contributed by atoms with van der Waals surface area (Å²) in [6, 6.07) is 5.00. The zero-order valence-corrected chi connectivity index (χ0v) is 12.5. The Morgan fingerprint density at radius 3 is 2.32 bits per heavy atom. The summed E-state index contributed by atoms with van der Waals surface area (Å²) in [7, 11) is 0. The summed E-state index contributed by atoms with van der Waals surface area (Å²) in [5.74, 6) is -2.64. The largest absolute Gasteiger partial charge is 0.419 e. The Kier molecular flexibility index (Phi) is 3.69. The monoisotopic (exact) mass is 344 g/mol. The van der Waals surface area contributed by atoms with Crippen molar-refractivity contribution in [2.75, 3.05) is 0 Å². The van der Waals surface area contributed by atoms with Crippen molar-refractivity contribution in [2.45, 2.75) is 19.6 Å². The molecule has 1 fully saturated rings. The van der Waals surface area contributed by atoms with Gasteiger partial charge in [-0.05, 0) is 23.8 Å². The second-order valence-corrected chi connectivity index (χ2v) is 5.69. The van der Waals surface area contributed by atoms with Crippen LogP contribution in [0.2, 0.25) is 5.02 Å². The standard InChI is InChI=1S/C13H10BrClO4/c1-13(2)18-11(16)9(12(17)19-13)5-7-3-4-8(15)6-10(7)14/h3-6H,1-2H3. The van der Waals surface area contributed by atoms with Crippen molar-refractivity contribution in [2.24, 2.45) is 0 Å². The van der Waals surface area contributed by atoms with Crippen LogP contribution in [0.4, 0.5) is 0 Å². The van der Waals surface area contributed by atoms with E-state index in [0.29, 0.717) is 15.1 Å². The summed E-state index contributed by atoms with van der Waals surface area (Å²) in [6.07, 6.45) is 1.40. The molecule has 4 nitrogen and oxygen atoms in total. The second-order valence-electron chi connectivity index (χ2n) is 4.40. The van der Waals surface area contributed by atoms with Crippen molar-refractivity contribution in [3.05, 3.63) is 38.8 Å². The third-order valence-corrected chi connectivity index (χ3v) is 3.30. The number of hydrogen-bond donors (Lipinski definition) is 0. The predicted octanol–water partition coefficient (Wildman–Crippen LogP) is 3.32. The maximum absolute atomic E-state index is 11.8. The van der Waals surface area contributed by atoms with Crippen LogP contribution in [0.25, 0.3) is 6.08 Å². The minimum atomic E-state index is -1.23. The van der Waals surface area contributed by atoms with Gasteiger partial charge in [0, 0.05) is 23.3 Å². The molecule has 0 saturated carbocycles. The highest BCUT2D eigenvalue weighted by Crippen LogP contribution is 2.27. The van der Waals surface area contributed by atoms with Crippen molar-refractivity contribution in [1.82, 2.24) is 0 Å². The summed E-state index contributed by atoms with van der Waals surface area (Å²) in [6.45, 7) is 3.00. The van der Waals surface area contributed by atoms with E-state index in [1.54, 1.807) is 18.2 Å². The average molecular weight is 346 g/mol. The molecule has 0 aliphatic carbocycles. The zero-order chi connectivity index (χ0) is 14.2.